The van der Waals surface area contributed by atoms with E-state index in [1.807, 2.05) is 0 Å². The number of aliphatic carboxylic acids is 1. The number of unbranched alkanes of at least 4 members (excludes halogenated alkanes) is 2. The molecule has 0 aromatic carbocycles. The number of alkyl carbamates (subject to hydrolysis) is 1. The first-order chi connectivity index (χ1) is 16.2. The molecular formula is C25H42N4O5. The fraction of sp³-hybridized carbons (Fsp3) is 0.720. The molecular weight excluding hydrogens is 436 g/mol. The number of carbonyl (C=O) groups excluding carboxylic acids is 1. The highest BCUT2D eigenvalue weighted by atomic mass is 16.6. The van der Waals surface area contributed by atoms with Gasteiger partial charge in [-0.2, -0.15) is 0 Å². The Hall–Kier alpha value is -2.39. The van der Waals surface area contributed by atoms with Crippen molar-refractivity contribution in [1.29, 1.82) is 0 Å². The topological polar surface area (TPSA) is 113 Å². The number of carbonyl (C=O) groups is 2. The van der Waals surface area contributed by atoms with Gasteiger partial charge < -0.3 is 30.1 Å². The number of carboxylic acid groups (broad SMARTS) is 1. The molecule has 34 heavy (non-hydrogen) atoms. The lowest BCUT2D eigenvalue weighted by Crippen LogP contribution is -2.45. The summed E-state index contributed by atoms with van der Waals surface area (Å²) in [6, 6.07) is 3.34. The van der Waals surface area contributed by atoms with Gasteiger partial charge in [-0.05, 0) is 77.5 Å². The van der Waals surface area contributed by atoms with Crippen LogP contribution in [0.5, 0.6) is 0 Å². The Labute approximate surface area is 203 Å². The summed E-state index contributed by atoms with van der Waals surface area (Å²) in [5.74, 6) is -0.0212. The van der Waals surface area contributed by atoms with E-state index >= 15 is 0 Å². The third kappa shape index (κ3) is 10.7. The fourth-order valence-corrected chi connectivity index (χ4v) is 3.90. The minimum absolute atomic E-state index is 0.296. The lowest BCUT2D eigenvalue weighted by molar-refractivity contribution is -0.139. The molecule has 0 fully saturated rings. The zero-order chi connectivity index (χ0) is 25.0. The third-order valence-corrected chi connectivity index (χ3v) is 5.69. The van der Waals surface area contributed by atoms with Crippen LogP contribution in [0, 0.1) is 0 Å². The normalized spacial score (nSPS) is 14.3. The van der Waals surface area contributed by atoms with Crippen LogP contribution in [-0.4, -0.2) is 78.6 Å². The molecule has 0 aliphatic carbocycles. The maximum absolute atomic E-state index is 12.0. The number of carboxylic acids is 1. The molecule has 1 aliphatic rings. The predicted molar refractivity (Wildman–Crippen MR) is 132 cm³/mol. The van der Waals surface area contributed by atoms with Crippen molar-refractivity contribution in [3.63, 3.8) is 0 Å². The summed E-state index contributed by atoms with van der Waals surface area (Å²) in [6.45, 7) is 8.91. The van der Waals surface area contributed by atoms with Crippen LogP contribution in [-0.2, 0) is 27.1 Å². The molecule has 2 heterocycles. The quantitative estimate of drug-likeness (QED) is 0.349. The van der Waals surface area contributed by atoms with Crippen LogP contribution in [0.3, 0.4) is 0 Å². The Balaban J connectivity index is 1.75. The highest BCUT2D eigenvalue weighted by Crippen LogP contribution is 2.20. The second-order valence-electron chi connectivity index (χ2n) is 9.81. The standard InChI is InChI=1S/C25H42N4O5/c1-25(2,3)34-24(32)28-21(23(30)31)13-16-29(17-18-33-4)15-7-5-6-10-20-12-11-19-9-8-14-26-22(19)27-20/h11-12,21H,5-10,13-18H2,1-4H3,(H,26,27)(H,28,32)(H,30,31)/t21-/m0/s1. The lowest BCUT2D eigenvalue weighted by atomic mass is 10.1. The summed E-state index contributed by atoms with van der Waals surface area (Å²) in [6.07, 6.45) is 5.92. The number of methoxy groups -OCH3 is 1. The van der Waals surface area contributed by atoms with E-state index in [0.717, 1.165) is 63.1 Å². The zero-order valence-corrected chi connectivity index (χ0v) is 21.2. The minimum atomic E-state index is -1.07. The van der Waals surface area contributed by atoms with Crippen LogP contribution in [0.1, 0.15) is 64.1 Å². The monoisotopic (exact) mass is 478 g/mol. The summed E-state index contributed by atoms with van der Waals surface area (Å²) in [5.41, 5.74) is 1.76. The highest BCUT2D eigenvalue weighted by Gasteiger charge is 2.24. The van der Waals surface area contributed by atoms with Gasteiger partial charge in [-0.25, -0.2) is 14.6 Å². The number of amides is 1. The molecule has 2 rings (SSSR count). The summed E-state index contributed by atoms with van der Waals surface area (Å²) in [4.78, 5) is 30.6. The number of hydrogen-bond donors (Lipinski definition) is 3. The molecule has 0 bridgehead atoms. The molecule has 1 aromatic heterocycles. The zero-order valence-electron chi connectivity index (χ0n) is 21.2. The van der Waals surface area contributed by atoms with Crippen LogP contribution < -0.4 is 10.6 Å². The third-order valence-electron chi connectivity index (χ3n) is 5.69. The van der Waals surface area contributed by atoms with Crippen LogP contribution in [0.15, 0.2) is 12.1 Å². The van der Waals surface area contributed by atoms with Crippen LogP contribution in [0.2, 0.25) is 0 Å². The SMILES string of the molecule is COCCN(CCCCCc1ccc2c(n1)NCCC2)CC[C@H](NC(=O)OC(C)(C)C)C(=O)O. The highest BCUT2D eigenvalue weighted by molar-refractivity contribution is 5.80. The Morgan fingerprint density at radius 3 is 2.71 bits per heavy atom. The van der Waals surface area contributed by atoms with Gasteiger partial charge in [-0.1, -0.05) is 12.5 Å². The predicted octanol–water partition coefficient (Wildman–Crippen LogP) is 3.47. The Kier molecular flexibility index (Phi) is 11.6. The molecule has 0 spiro atoms. The van der Waals surface area contributed by atoms with Crippen molar-refractivity contribution in [2.45, 2.75) is 77.4 Å². The average Bonchev–Trinajstić information content (AvgIpc) is 2.77. The van der Waals surface area contributed by atoms with E-state index in [1.54, 1.807) is 27.9 Å². The number of pyridine rings is 1. The molecule has 1 aliphatic heterocycles. The molecule has 0 saturated carbocycles. The maximum atomic E-state index is 12.0. The first-order valence-corrected chi connectivity index (χ1v) is 12.3. The Bertz CT molecular complexity index is 781. The smallest absolute Gasteiger partial charge is 0.408 e. The molecule has 9 nitrogen and oxygen atoms in total. The molecule has 0 saturated heterocycles. The first kappa shape index (κ1) is 27.9. The number of aromatic nitrogens is 1. The van der Waals surface area contributed by atoms with Gasteiger partial charge in [-0.3, -0.25) is 0 Å². The van der Waals surface area contributed by atoms with E-state index in [4.69, 9.17) is 14.5 Å². The molecule has 0 unspecified atom stereocenters. The second kappa shape index (κ2) is 14.1. The number of ether oxygens (including phenoxy) is 2. The van der Waals surface area contributed by atoms with Crippen LogP contribution in [0.25, 0.3) is 0 Å². The van der Waals surface area contributed by atoms with Crippen LogP contribution in [0.4, 0.5) is 10.6 Å². The number of rotatable bonds is 14. The van der Waals surface area contributed by atoms with E-state index in [2.05, 4.69) is 27.7 Å². The summed E-state index contributed by atoms with van der Waals surface area (Å²) in [7, 11) is 1.66. The van der Waals surface area contributed by atoms with Gasteiger partial charge in [0.05, 0.1) is 6.61 Å². The van der Waals surface area contributed by atoms with Crippen molar-refractivity contribution >= 4 is 17.9 Å². The number of hydrogen-bond acceptors (Lipinski definition) is 7. The molecule has 9 heteroatoms. The van der Waals surface area contributed by atoms with Crippen molar-refractivity contribution in [1.82, 2.24) is 15.2 Å². The number of nitrogens with zero attached hydrogens (tertiary/aromatic N) is 2. The van der Waals surface area contributed by atoms with Gasteiger partial charge >= 0.3 is 12.1 Å². The molecule has 192 valence electrons. The van der Waals surface area contributed by atoms with Gasteiger partial charge in [0.15, 0.2) is 0 Å². The number of nitrogens with one attached hydrogen (secondary N) is 2. The molecule has 1 amide bonds. The fourth-order valence-electron chi connectivity index (χ4n) is 3.90. The number of aryl methyl sites for hydroxylation is 2. The van der Waals surface area contributed by atoms with Gasteiger partial charge in [0.2, 0.25) is 0 Å². The Morgan fingerprint density at radius 2 is 2.00 bits per heavy atom. The largest absolute Gasteiger partial charge is 0.480 e. The maximum Gasteiger partial charge on any atom is 0.408 e. The van der Waals surface area contributed by atoms with E-state index in [0.29, 0.717) is 26.1 Å². The van der Waals surface area contributed by atoms with Gasteiger partial charge in [-0.15, -0.1) is 0 Å². The summed E-state index contributed by atoms with van der Waals surface area (Å²) in [5, 5.41) is 15.4. The van der Waals surface area contributed by atoms with Crippen LogP contribution >= 0.6 is 0 Å². The van der Waals surface area contributed by atoms with E-state index in [9.17, 15) is 14.7 Å². The first-order valence-electron chi connectivity index (χ1n) is 12.3. The summed E-state index contributed by atoms with van der Waals surface area (Å²) < 4.78 is 10.4. The Morgan fingerprint density at radius 1 is 1.21 bits per heavy atom. The van der Waals surface area contributed by atoms with Gasteiger partial charge in [0.25, 0.3) is 0 Å². The van der Waals surface area contributed by atoms with E-state index in [1.165, 1.54) is 5.56 Å². The lowest BCUT2D eigenvalue weighted by Gasteiger charge is -2.25. The minimum Gasteiger partial charge on any atom is -0.480 e. The van der Waals surface area contributed by atoms with Gasteiger partial charge in [0, 0.05) is 32.4 Å². The molecule has 1 aromatic rings. The number of fused-ring (bicyclic) bond motifs is 1. The number of anilines is 1. The summed E-state index contributed by atoms with van der Waals surface area (Å²) >= 11 is 0. The molecule has 0 radical (unpaired) electrons. The van der Waals surface area contributed by atoms with Crippen molar-refractivity contribution in [3.8, 4) is 0 Å². The van der Waals surface area contributed by atoms with Crippen molar-refractivity contribution in [2.24, 2.45) is 0 Å². The molecule has 3 N–H and O–H groups in total. The van der Waals surface area contributed by atoms with Crippen molar-refractivity contribution in [3.05, 3.63) is 23.4 Å². The molecule has 1 atom stereocenters. The van der Waals surface area contributed by atoms with E-state index in [-0.39, 0.29) is 0 Å². The van der Waals surface area contributed by atoms with Crippen molar-refractivity contribution in [2.75, 3.05) is 45.2 Å². The average molecular weight is 479 g/mol. The second-order valence-corrected chi connectivity index (χ2v) is 9.81. The van der Waals surface area contributed by atoms with Crippen molar-refractivity contribution < 1.29 is 24.2 Å². The van der Waals surface area contributed by atoms with E-state index < -0.39 is 23.7 Å². The van der Waals surface area contributed by atoms with Gasteiger partial charge in [0.1, 0.15) is 17.5 Å².